The Balaban J connectivity index is 2.06. The molecule has 2 amide bonds. The largest absolute Gasteiger partial charge is 0.497 e. The number of rotatable bonds is 12. The molecule has 0 aliphatic rings. The summed E-state index contributed by atoms with van der Waals surface area (Å²) in [5.74, 6) is -0.289. The molecule has 10 heteroatoms. The highest BCUT2D eigenvalue weighted by Crippen LogP contribution is 2.28. The molecule has 0 bridgehead atoms. The van der Waals surface area contributed by atoms with Crippen molar-refractivity contribution in [2.45, 2.75) is 25.9 Å². The lowest BCUT2D eigenvalue weighted by Crippen LogP contribution is -2.53. The lowest BCUT2D eigenvalue weighted by Gasteiger charge is -2.33. The molecule has 1 N–H and O–H groups in total. The molecule has 0 unspecified atom stereocenters. The van der Waals surface area contributed by atoms with Crippen LogP contribution in [0.15, 0.2) is 78.9 Å². The van der Waals surface area contributed by atoms with Gasteiger partial charge in [-0.25, -0.2) is 8.42 Å². The smallest absolute Gasteiger partial charge is 0.244 e. The molecule has 0 heterocycles. The minimum Gasteiger partial charge on any atom is -0.497 e. The zero-order valence-electron chi connectivity index (χ0n) is 21.6. The Morgan fingerprint density at radius 1 is 0.974 bits per heavy atom. The van der Waals surface area contributed by atoms with E-state index in [-0.39, 0.29) is 29.6 Å². The van der Waals surface area contributed by atoms with Crippen molar-refractivity contribution in [3.8, 4) is 5.75 Å². The number of hydrogen-bond acceptors (Lipinski definition) is 5. The molecule has 0 saturated carbocycles. The summed E-state index contributed by atoms with van der Waals surface area (Å²) in [5.41, 5.74) is 1.77. The van der Waals surface area contributed by atoms with Crippen LogP contribution in [0, 0.1) is 0 Å². The summed E-state index contributed by atoms with van der Waals surface area (Å²) in [5, 5.41) is 3.01. The molecule has 0 fully saturated rings. The molecule has 8 nitrogen and oxygen atoms in total. The molecule has 0 aliphatic heterocycles. The lowest BCUT2D eigenvalue weighted by atomic mass is 10.0. The number of nitrogens with one attached hydrogen (secondary N) is 1. The Kier molecular flexibility index (Phi) is 10.2. The van der Waals surface area contributed by atoms with E-state index in [4.69, 9.17) is 16.3 Å². The van der Waals surface area contributed by atoms with E-state index >= 15 is 0 Å². The zero-order valence-corrected chi connectivity index (χ0v) is 23.2. The molecule has 0 saturated heterocycles. The van der Waals surface area contributed by atoms with Crippen LogP contribution in [-0.4, -0.2) is 57.6 Å². The maximum atomic E-state index is 13.9. The maximum absolute atomic E-state index is 13.9. The summed E-state index contributed by atoms with van der Waals surface area (Å²) in [7, 11) is -2.34. The van der Waals surface area contributed by atoms with Crippen molar-refractivity contribution in [1.82, 2.24) is 10.2 Å². The van der Waals surface area contributed by atoms with Gasteiger partial charge >= 0.3 is 0 Å². The van der Waals surface area contributed by atoms with Gasteiger partial charge in [0.2, 0.25) is 21.8 Å². The standard InChI is InChI=1S/C28H32ClN3O5S/c1-4-30-28(34)26(18-21-11-6-5-7-12-21)31(19-22-13-10-14-23(17-22)37-2)27(33)20-32(38(3,35)36)25-16-9-8-15-24(25)29/h5-17,26H,4,18-20H2,1-3H3,(H,30,34)/t26-/m1/s1. The van der Waals surface area contributed by atoms with Crippen LogP contribution in [0.1, 0.15) is 18.1 Å². The molecule has 3 rings (SSSR count). The van der Waals surface area contributed by atoms with E-state index in [1.165, 1.54) is 11.0 Å². The summed E-state index contributed by atoms with van der Waals surface area (Å²) in [4.78, 5) is 28.7. The fourth-order valence-corrected chi connectivity index (χ4v) is 5.21. The molecule has 202 valence electrons. The van der Waals surface area contributed by atoms with Gasteiger partial charge < -0.3 is 15.0 Å². The fourth-order valence-electron chi connectivity index (χ4n) is 4.06. The number of anilines is 1. The monoisotopic (exact) mass is 557 g/mol. The van der Waals surface area contributed by atoms with E-state index in [1.54, 1.807) is 50.4 Å². The Morgan fingerprint density at radius 2 is 1.63 bits per heavy atom. The number of hydrogen-bond donors (Lipinski definition) is 1. The number of para-hydroxylation sites is 1. The topological polar surface area (TPSA) is 96.0 Å². The Labute approximate surface area is 229 Å². The Bertz CT molecular complexity index is 1350. The number of ether oxygens (including phenoxy) is 1. The number of carbonyl (C=O) groups is 2. The van der Waals surface area contributed by atoms with Crippen LogP contribution >= 0.6 is 11.6 Å². The number of carbonyl (C=O) groups excluding carboxylic acids is 2. The third-order valence-corrected chi connectivity index (χ3v) is 7.36. The van der Waals surface area contributed by atoms with Gasteiger partial charge in [-0.2, -0.15) is 0 Å². The van der Waals surface area contributed by atoms with E-state index in [0.717, 1.165) is 21.7 Å². The predicted octanol–water partition coefficient (Wildman–Crippen LogP) is 3.89. The highest BCUT2D eigenvalue weighted by molar-refractivity contribution is 7.92. The molecule has 3 aromatic rings. The van der Waals surface area contributed by atoms with Gasteiger partial charge in [-0.15, -0.1) is 0 Å². The van der Waals surface area contributed by atoms with Crippen molar-refractivity contribution in [2.75, 3.05) is 30.8 Å². The van der Waals surface area contributed by atoms with E-state index in [9.17, 15) is 18.0 Å². The average molecular weight is 558 g/mol. The minimum absolute atomic E-state index is 0.0603. The minimum atomic E-state index is -3.89. The van der Waals surface area contributed by atoms with Crippen LogP contribution in [0.25, 0.3) is 0 Å². The van der Waals surface area contributed by atoms with Gasteiger partial charge in [-0.05, 0) is 42.3 Å². The second kappa shape index (κ2) is 13.3. The second-order valence-corrected chi connectivity index (χ2v) is 11.0. The third kappa shape index (κ3) is 7.72. The summed E-state index contributed by atoms with van der Waals surface area (Å²) < 4.78 is 31.9. The van der Waals surface area contributed by atoms with Gasteiger partial charge in [0.15, 0.2) is 0 Å². The summed E-state index contributed by atoms with van der Waals surface area (Å²) in [6.45, 7) is 1.71. The first-order valence-electron chi connectivity index (χ1n) is 12.1. The lowest BCUT2D eigenvalue weighted by molar-refractivity contribution is -0.140. The van der Waals surface area contributed by atoms with Crippen LogP contribution in [-0.2, 0) is 32.6 Å². The zero-order chi connectivity index (χ0) is 27.7. The van der Waals surface area contributed by atoms with E-state index in [0.29, 0.717) is 12.3 Å². The number of methoxy groups -OCH3 is 1. The highest BCUT2D eigenvalue weighted by Gasteiger charge is 2.33. The Hall–Kier alpha value is -3.56. The van der Waals surface area contributed by atoms with E-state index < -0.39 is 28.5 Å². The van der Waals surface area contributed by atoms with Gasteiger partial charge in [0.25, 0.3) is 0 Å². The van der Waals surface area contributed by atoms with E-state index in [2.05, 4.69) is 5.32 Å². The first kappa shape index (κ1) is 29.0. The van der Waals surface area contributed by atoms with Gasteiger partial charge in [-0.1, -0.05) is 66.2 Å². The average Bonchev–Trinajstić information content (AvgIpc) is 2.90. The van der Waals surface area contributed by atoms with Crippen LogP contribution in [0.3, 0.4) is 0 Å². The Morgan fingerprint density at radius 3 is 2.26 bits per heavy atom. The van der Waals surface area contributed by atoms with Crippen molar-refractivity contribution < 1.29 is 22.7 Å². The molecular weight excluding hydrogens is 526 g/mol. The maximum Gasteiger partial charge on any atom is 0.244 e. The first-order chi connectivity index (χ1) is 18.1. The number of benzene rings is 3. The first-order valence-corrected chi connectivity index (χ1v) is 14.3. The third-order valence-electron chi connectivity index (χ3n) is 5.91. The van der Waals surface area contributed by atoms with E-state index in [1.807, 2.05) is 36.4 Å². The number of sulfonamides is 1. The van der Waals surface area contributed by atoms with Crippen molar-refractivity contribution >= 4 is 39.1 Å². The summed E-state index contributed by atoms with van der Waals surface area (Å²) in [6, 6.07) is 22.0. The van der Waals surface area contributed by atoms with Crippen molar-refractivity contribution in [2.24, 2.45) is 0 Å². The number of likely N-dealkylation sites (N-methyl/N-ethyl adjacent to an activating group) is 1. The summed E-state index contributed by atoms with van der Waals surface area (Å²) in [6.07, 6.45) is 1.26. The van der Waals surface area contributed by atoms with Crippen molar-refractivity contribution in [1.29, 1.82) is 0 Å². The van der Waals surface area contributed by atoms with Crippen LogP contribution < -0.4 is 14.4 Å². The van der Waals surface area contributed by atoms with Crippen LogP contribution in [0.2, 0.25) is 5.02 Å². The molecule has 38 heavy (non-hydrogen) atoms. The second-order valence-electron chi connectivity index (χ2n) is 8.69. The van der Waals surface area contributed by atoms with Gasteiger partial charge in [0.1, 0.15) is 18.3 Å². The van der Waals surface area contributed by atoms with Crippen molar-refractivity contribution in [3.05, 3.63) is 95.0 Å². The number of nitrogens with zero attached hydrogens (tertiary/aromatic N) is 2. The van der Waals surface area contributed by atoms with Gasteiger partial charge in [0, 0.05) is 19.5 Å². The molecular formula is C28H32ClN3O5S. The SMILES string of the molecule is CCNC(=O)[C@@H](Cc1ccccc1)N(Cc1cccc(OC)c1)C(=O)CN(c1ccccc1Cl)S(C)(=O)=O. The summed E-state index contributed by atoms with van der Waals surface area (Å²) >= 11 is 6.30. The molecule has 0 spiro atoms. The highest BCUT2D eigenvalue weighted by atomic mass is 35.5. The molecule has 3 aromatic carbocycles. The van der Waals surface area contributed by atoms with Crippen LogP contribution in [0.5, 0.6) is 5.75 Å². The fraction of sp³-hybridized carbons (Fsp3) is 0.286. The van der Waals surface area contributed by atoms with Crippen molar-refractivity contribution in [3.63, 3.8) is 0 Å². The predicted molar refractivity (Wildman–Crippen MR) is 150 cm³/mol. The number of amides is 2. The normalized spacial score (nSPS) is 11.9. The van der Waals surface area contributed by atoms with Gasteiger partial charge in [0.05, 0.1) is 24.1 Å². The molecule has 1 atom stereocenters. The quantitative estimate of drug-likeness (QED) is 0.364. The molecule has 0 aromatic heterocycles. The number of halogens is 1. The molecule has 0 aliphatic carbocycles. The van der Waals surface area contributed by atoms with Gasteiger partial charge in [-0.3, -0.25) is 13.9 Å². The molecule has 0 radical (unpaired) electrons. The van der Waals surface area contributed by atoms with Crippen LogP contribution in [0.4, 0.5) is 5.69 Å².